The largest absolute Gasteiger partial charge is 0.497 e. The standard InChI is InChI=1S/C19H21N3O3.ClH/c1-25-14-7-8-15(20)16(12-14)21-18(23)10-11-22-17-5-3-2-4-13(17)6-9-19(22)24;/h2-5,7-8,12H,6,9-11,20H2,1H3,(H,21,23);1H. The fraction of sp³-hybridized carbons (Fsp3) is 0.263. The molecule has 1 aliphatic heterocycles. The average Bonchev–Trinajstić information content (AvgIpc) is 2.62. The number of ether oxygens (including phenoxy) is 1. The summed E-state index contributed by atoms with van der Waals surface area (Å²) in [5, 5.41) is 2.78. The van der Waals surface area contributed by atoms with Gasteiger partial charge in [0.1, 0.15) is 5.75 Å². The average molecular weight is 376 g/mol. The maximum absolute atomic E-state index is 12.3. The van der Waals surface area contributed by atoms with Crippen LogP contribution in [0.5, 0.6) is 5.75 Å². The summed E-state index contributed by atoms with van der Waals surface area (Å²) < 4.78 is 5.14. The van der Waals surface area contributed by atoms with Gasteiger partial charge < -0.3 is 20.7 Å². The Bertz CT molecular complexity index is 810. The number of rotatable bonds is 5. The molecular formula is C19H22ClN3O3. The number of fused-ring (bicyclic) bond motifs is 1. The molecule has 3 rings (SSSR count). The van der Waals surface area contributed by atoms with E-state index in [1.54, 1.807) is 30.2 Å². The molecule has 2 amide bonds. The Morgan fingerprint density at radius 3 is 2.77 bits per heavy atom. The van der Waals surface area contributed by atoms with Gasteiger partial charge in [-0.1, -0.05) is 18.2 Å². The quantitative estimate of drug-likeness (QED) is 0.787. The summed E-state index contributed by atoms with van der Waals surface area (Å²) in [5.41, 5.74) is 8.89. The lowest BCUT2D eigenvalue weighted by atomic mass is 10.0. The Hall–Kier alpha value is -2.73. The Labute approximate surface area is 158 Å². The zero-order valence-electron chi connectivity index (χ0n) is 14.5. The number of carbonyl (C=O) groups excluding carboxylic acids is 2. The van der Waals surface area contributed by atoms with Gasteiger partial charge in [0.05, 0.1) is 18.5 Å². The van der Waals surface area contributed by atoms with Crippen LogP contribution in [0.1, 0.15) is 18.4 Å². The van der Waals surface area contributed by atoms with Crippen LogP contribution in [-0.4, -0.2) is 25.5 Å². The molecule has 6 nitrogen and oxygen atoms in total. The van der Waals surface area contributed by atoms with Crippen molar-refractivity contribution in [1.82, 2.24) is 0 Å². The smallest absolute Gasteiger partial charge is 0.227 e. The third-order valence-corrected chi connectivity index (χ3v) is 4.29. The van der Waals surface area contributed by atoms with Crippen LogP contribution in [0.25, 0.3) is 0 Å². The number of para-hydroxylation sites is 1. The molecule has 3 N–H and O–H groups in total. The van der Waals surface area contributed by atoms with Crippen LogP contribution in [0.3, 0.4) is 0 Å². The Morgan fingerprint density at radius 2 is 2.00 bits per heavy atom. The molecule has 0 aromatic heterocycles. The molecule has 26 heavy (non-hydrogen) atoms. The second-order valence-corrected chi connectivity index (χ2v) is 5.93. The van der Waals surface area contributed by atoms with E-state index in [2.05, 4.69) is 5.32 Å². The first kappa shape index (κ1) is 19.6. The monoisotopic (exact) mass is 375 g/mol. The maximum atomic E-state index is 12.3. The molecule has 0 unspecified atom stereocenters. The highest BCUT2D eigenvalue weighted by atomic mass is 35.5. The molecule has 0 fully saturated rings. The maximum Gasteiger partial charge on any atom is 0.227 e. The van der Waals surface area contributed by atoms with Crippen LogP contribution in [0.2, 0.25) is 0 Å². The number of benzene rings is 2. The number of nitrogen functional groups attached to an aromatic ring is 1. The van der Waals surface area contributed by atoms with E-state index in [0.29, 0.717) is 30.1 Å². The fourth-order valence-electron chi connectivity index (χ4n) is 2.94. The summed E-state index contributed by atoms with van der Waals surface area (Å²) in [4.78, 5) is 26.2. The summed E-state index contributed by atoms with van der Waals surface area (Å²) in [5.74, 6) is 0.466. The van der Waals surface area contributed by atoms with Crippen LogP contribution in [0.4, 0.5) is 17.1 Å². The molecule has 2 aromatic rings. The highest BCUT2D eigenvalue weighted by Gasteiger charge is 2.24. The SMILES string of the molecule is COc1ccc(N)c(NC(=O)CCN2C(=O)CCc3ccccc32)c1.Cl. The fourth-order valence-corrected chi connectivity index (χ4v) is 2.94. The van der Waals surface area contributed by atoms with E-state index >= 15 is 0 Å². The number of anilines is 3. The third-order valence-electron chi connectivity index (χ3n) is 4.29. The predicted molar refractivity (Wildman–Crippen MR) is 105 cm³/mol. The Morgan fingerprint density at radius 1 is 1.23 bits per heavy atom. The van der Waals surface area contributed by atoms with Crippen molar-refractivity contribution < 1.29 is 14.3 Å². The number of amides is 2. The van der Waals surface area contributed by atoms with Gasteiger partial charge in [0, 0.05) is 31.1 Å². The number of hydrogen-bond acceptors (Lipinski definition) is 4. The lowest BCUT2D eigenvalue weighted by molar-refractivity contribution is -0.119. The van der Waals surface area contributed by atoms with Gasteiger partial charge >= 0.3 is 0 Å². The topological polar surface area (TPSA) is 84.7 Å². The molecule has 0 radical (unpaired) electrons. The van der Waals surface area contributed by atoms with Crippen LogP contribution in [0, 0.1) is 0 Å². The number of nitrogens with one attached hydrogen (secondary N) is 1. The highest BCUT2D eigenvalue weighted by molar-refractivity contribution is 5.98. The molecule has 0 saturated heterocycles. The number of aryl methyl sites for hydroxylation is 1. The van der Waals surface area contributed by atoms with E-state index in [1.165, 1.54) is 0 Å². The first-order valence-corrected chi connectivity index (χ1v) is 8.20. The van der Waals surface area contributed by atoms with Crippen LogP contribution < -0.4 is 20.7 Å². The van der Waals surface area contributed by atoms with E-state index < -0.39 is 0 Å². The van der Waals surface area contributed by atoms with Gasteiger partial charge in [0.2, 0.25) is 11.8 Å². The molecule has 0 saturated carbocycles. The second kappa shape index (κ2) is 8.58. The Balaban J connectivity index is 0.00000243. The first-order chi connectivity index (χ1) is 12.1. The lowest BCUT2D eigenvalue weighted by Gasteiger charge is -2.29. The van der Waals surface area contributed by atoms with Crippen LogP contribution >= 0.6 is 12.4 Å². The molecule has 0 aliphatic carbocycles. The molecule has 0 bridgehead atoms. The molecule has 1 aliphatic rings. The van der Waals surface area contributed by atoms with Crippen molar-refractivity contribution in [1.29, 1.82) is 0 Å². The summed E-state index contributed by atoms with van der Waals surface area (Å²) in [6.45, 7) is 0.339. The van der Waals surface area contributed by atoms with Gasteiger partial charge in [-0.05, 0) is 30.2 Å². The van der Waals surface area contributed by atoms with Crippen molar-refractivity contribution in [3.8, 4) is 5.75 Å². The molecule has 0 spiro atoms. The third kappa shape index (κ3) is 4.26. The van der Waals surface area contributed by atoms with Crippen LogP contribution in [0.15, 0.2) is 42.5 Å². The van der Waals surface area contributed by atoms with Crippen LogP contribution in [-0.2, 0) is 16.0 Å². The summed E-state index contributed by atoms with van der Waals surface area (Å²) in [6, 6.07) is 12.9. The van der Waals surface area contributed by atoms with Crippen molar-refractivity contribution >= 4 is 41.3 Å². The van der Waals surface area contributed by atoms with Gasteiger partial charge in [-0.25, -0.2) is 0 Å². The minimum absolute atomic E-state index is 0. The van der Waals surface area contributed by atoms with E-state index in [-0.39, 0.29) is 30.6 Å². The molecular weight excluding hydrogens is 354 g/mol. The number of nitrogens with two attached hydrogens (primary N) is 1. The van der Waals surface area contributed by atoms with Crippen molar-refractivity contribution in [3.63, 3.8) is 0 Å². The minimum Gasteiger partial charge on any atom is -0.497 e. The zero-order valence-corrected chi connectivity index (χ0v) is 15.3. The predicted octanol–water partition coefficient (Wildman–Crippen LogP) is 3.01. The van der Waals surface area contributed by atoms with Gasteiger partial charge in [0.15, 0.2) is 0 Å². The normalized spacial score (nSPS) is 12.8. The van der Waals surface area contributed by atoms with Gasteiger partial charge in [0.25, 0.3) is 0 Å². The molecule has 2 aromatic carbocycles. The number of methoxy groups -OCH3 is 1. The molecule has 7 heteroatoms. The van der Waals surface area contributed by atoms with Gasteiger partial charge in [-0.15, -0.1) is 12.4 Å². The van der Waals surface area contributed by atoms with E-state index in [0.717, 1.165) is 17.7 Å². The summed E-state index contributed by atoms with van der Waals surface area (Å²) >= 11 is 0. The number of nitrogens with zero attached hydrogens (tertiary/aromatic N) is 1. The zero-order chi connectivity index (χ0) is 17.8. The van der Waals surface area contributed by atoms with Gasteiger partial charge in [-0.3, -0.25) is 9.59 Å². The van der Waals surface area contributed by atoms with Gasteiger partial charge in [-0.2, -0.15) is 0 Å². The lowest BCUT2D eigenvalue weighted by Crippen LogP contribution is -2.37. The van der Waals surface area contributed by atoms with E-state index in [1.807, 2.05) is 24.3 Å². The van der Waals surface area contributed by atoms with E-state index in [4.69, 9.17) is 10.5 Å². The van der Waals surface area contributed by atoms with Crippen molar-refractivity contribution in [3.05, 3.63) is 48.0 Å². The van der Waals surface area contributed by atoms with Crippen molar-refractivity contribution in [2.45, 2.75) is 19.3 Å². The molecule has 138 valence electrons. The van der Waals surface area contributed by atoms with Crippen molar-refractivity contribution in [2.75, 3.05) is 29.6 Å². The summed E-state index contributed by atoms with van der Waals surface area (Å²) in [6.07, 6.45) is 1.41. The molecule has 1 heterocycles. The number of hydrogen-bond donors (Lipinski definition) is 2. The molecule has 0 atom stereocenters. The highest BCUT2D eigenvalue weighted by Crippen LogP contribution is 2.28. The van der Waals surface area contributed by atoms with Crippen molar-refractivity contribution in [2.24, 2.45) is 0 Å². The number of halogens is 1. The summed E-state index contributed by atoms with van der Waals surface area (Å²) in [7, 11) is 1.55. The second-order valence-electron chi connectivity index (χ2n) is 5.93. The number of carbonyl (C=O) groups is 2. The van der Waals surface area contributed by atoms with E-state index in [9.17, 15) is 9.59 Å². The minimum atomic E-state index is -0.198. The first-order valence-electron chi connectivity index (χ1n) is 8.20. The Kier molecular flexibility index (Phi) is 6.46.